The van der Waals surface area contributed by atoms with E-state index >= 15 is 0 Å². The smallest absolute Gasteiger partial charge is 0.333 e. The second kappa shape index (κ2) is 5.68. The first kappa shape index (κ1) is 14.9. The number of aromatic nitrogens is 2. The molecule has 1 aromatic heterocycles. The number of anilines is 1. The van der Waals surface area contributed by atoms with Gasteiger partial charge in [0.15, 0.2) is 0 Å². The maximum absolute atomic E-state index is 11.5. The number of likely N-dealkylation sites (N-methyl/N-ethyl adjacent to an activating group) is 1. The SMILES string of the molecule is CNC(=O)C(C)Nc1c([N+](=O)[O-])c(C)nn1C(C)C. The van der Waals surface area contributed by atoms with E-state index in [1.54, 1.807) is 13.8 Å². The zero-order valence-electron chi connectivity index (χ0n) is 11.7. The fraction of sp³-hybridized carbons (Fsp3) is 0.636. The molecule has 0 aliphatic rings. The van der Waals surface area contributed by atoms with Crippen LogP contribution in [-0.4, -0.2) is 33.7 Å². The van der Waals surface area contributed by atoms with E-state index in [1.165, 1.54) is 11.7 Å². The second-order valence-corrected chi connectivity index (χ2v) is 4.56. The van der Waals surface area contributed by atoms with Gasteiger partial charge in [-0.25, -0.2) is 4.68 Å². The zero-order valence-corrected chi connectivity index (χ0v) is 11.7. The van der Waals surface area contributed by atoms with Crippen molar-refractivity contribution in [1.82, 2.24) is 15.1 Å². The van der Waals surface area contributed by atoms with Crippen molar-refractivity contribution in [3.63, 3.8) is 0 Å². The van der Waals surface area contributed by atoms with Crippen LogP contribution in [0.15, 0.2) is 0 Å². The Morgan fingerprint density at radius 3 is 2.42 bits per heavy atom. The standard InChI is InChI=1S/C11H19N5O3/c1-6(2)15-10(13-8(4)11(17)12-5)9(16(18)19)7(3)14-15/h6,8,13H,1-5H3,(H,12,17). The highest BCUT2D eigenvalue weighted by Gasteiger charge is 2.28. The summed E-state index contributed by atoms with van der Waals surface area (Å²) in [5, 5.41) is 20.6. The van der Waals surface area contributed by atoms with Crippen molar-refractivity contribution in [1.29, 1.82) is 0 Å². The molecule has 19 heavy (non-hydrogen) atoms. The number of nitro groups is 1. The van der Waals surface area contributed by atoms with Crippen molar-refractivity contribution in [3.05, 3.63) is 15.8 Å². The number of amides is 1. The molecule has 0 radical (unpaired) electrons. The third-order valence-electron chi connectivity index (χ3n) is 2.72. The lowest BCUT2D eigenvalue weighted by Gasteiger charge is -2.16. The molecule has 0 aromatic carbocycles. The van der Waals surface area contributed by atoms with Gasteiger partial charge in [-0.15, -0.1) is 0 Å². The Morgan fingerprint density at radius 1 is 1.42 bits per heavy atom. The summed E-state index contributed by atoms with van der Waals surface area (Å²) in [4.78, 5) is 22.1. The molecule has 0 bridgehead atoms. The molecule has 8 heteroatoms. The molecule has 0 aliphatic heterocycles. The molecule has 1 aromatic rings. The molecule has 0 aliphatic carbocycles. The number of nitrogens with one attached hydrogen (secondary N) is 2. The molecular weight excluding hydrogens is 250 g/mol. The largest absolute Gasteiger partial charge is 0.357 e. The average molecular weight is 269 g/mol. The van der Waals surface area contributed by atoms with Crippen LogP contribution in [0.2, 0.25) is 0 Å². The first-order valence-corrected chi connectivity index (χ1v) is 6.01. The number of hydrogen-bond acceptors (Lipinski definition) is 5. The quantitative estimate of drug-likeness (QED) is 0.618. The third kappa shape index (κ3) is 3.01. The van der Waals surface area contributed by atoms with Crippen LogP contribution in [0.4, 0.5) is 11.5 Å². The second-order valence-electron chi connectivity index (χ2n) is 4.56. The van der Waals surface area contributed by atoms with Gasteiger partial charge in [-0.1, -0.05) is 0 Å². The summed E-state index contributed by atoms with van der Waals surface area (Å²) in [6.45, 7) is 6.94. The Labute approximate surface area is 111 Å². The maximum Gasteiger partial charge on any atom is 0.333 e. The lowest BCUT2D eigenvalue weighted by atomic mass is 10.3. The Hall–Kier alpha value is -2.12. The normalized spacial score (nSPS) is 12.3. The van der Waals surface area contributed by atoms with Gasteiger partial charge in [0.05, 0.1) is 4.92 Å². The highest BCUT2D eigenvalue weighted by Crippen LogP contribution is 2.30. The van der Waals surface area contributed by atoms with Gasteiger partial charge in [-0.3, -0.25) is 14.9 Å². The zero-order chi connectivity index (χ0) is 14.7. The molecule has 0 spiro atoms. The minimum atomic E-state index is -0.586. The predicted molar refractivity (Wildman–Crippen MR) is 71.2 cm³/mol. The first-order valence-electron chi connectivity index (χ1n) is 6.01. The molecule has 0 saturated heterocycles. The Bertz CT molecular complexity index is 495. The number of hydrogen-bond donors (Lipinski definition) is 2. The fourth-order valence-electron chi connectivity index (χ4n) is 1.75. The van der Waals surface area contributed by atoms with Gasteiger partial charge < -0.3 is 10.6 Å². The molecule has 106 valence electrons. The van der Waals surface area contributed by atoms with Gasteiger partial charge >= 0.3 is 5.69 Å². The number of rotatable bonds is 5. The van der Waals surface area contributed by atoms with Crippen molar-refractivity contribution < 1.29 is 9.72 Å². The summed E-state index contributed by atoms with van der Waals surface area (Å²) in [5.41, 5.74) is 0.231. The fourth-order valence-corrected chi connectivity index (χ4v) is 1.75. The first-order chi connectivity index (χ1) is 8.79. The summed E-state index contributed by atoms with van der Waals surface area (Å²) in [5.74, 6) is 0.0112. The average Bonchev–Trinajstić information content (AvgIpc) is 2.65. The summed E-state index contributed by atoms with van der Waals surface area (Å²) in [6.07, 6.45) is 0. The topological polar surface area (TPSA) is 102 Å². The molecular formula is C11H19N5O3. The van der Waals surface area contributed by atoms with E-state index in [-0.39, 0.29) is 23.5 Å². The number of nitrogens with zero attached hydrogens (tertiary/aromatic N) is 3. The number of aryl methyl sites for hydroxylation is 1. The molecule has 1 heterocycles. The van der Waals surface area contributed by atoms with E-state index in [0.717, 1.165) is 0 Å². The predicted octanol–water partition coefficient (Wildman–Crippen LogP) is 1.23. The van der Waals surface area contributed by atoms with Gasteiger partial charge in [0, 0.05) is 13.1 Å². The number of carbonyl (C=O) groups excluding carboxylic acids is 1. The molecule has 1 rings (SSSR count). The minimum Gasteiger partial charge on any atom is -0.357 e. The molecule has 2 N–H and O–H groups in total. The molecule has 0 saturated carbocycles. The van der Waals surface area contributed by atoms with Gasteiger partial charge in [0.1, 0.15) is 11.7 Å². The molecule has 0 fully saturated rings. The summed E-state index contributed by atoms with van der Waals surface area (Å²) in [7, 11) is 1.51. The Morgan fingerprint density at radius 2 is 2.00 bits per heavy atom. The molecule has 1 atom stereocenters. The van der Waals surface area contributed by atoms with Crippen molar-refractivity contribution in [2.75, 3.05) is 12.4 Å². The maximum atomic E-state index is 11.5. The van der Waals surface area contributed by atoms with E-state index in [2.05, 4.69) is 15.7 Å². The summed E-state index contributed by atoms with van der Waals surface area (Å²) >= 11 is 0. The van der Waals surface area contributed by atoms with Gasteiger partial charge in [0.25, 0.3) is 0 Å². The van der Waals surface area contributed by atoms with Crippen LogP contribution in [0, 0.1) is 17.0 Å². The molecule has 8 nitrogen and oxygen atoms in total. The Kier molecular flexibility index (Phi) is 4.47. The van der Waals surface area contributed by atoms with Crippen LogP contribution in [0.1, 0.15) is 32.5 Å². The van der Waals surface area contributed by atoms with Crippen LogP contribution < -0.4 is 10.6 Å². The van der Waals surface area contributed by atoms with Gasteiger partial charge in [0.2, 0.25) is 11.7 Å². The van der Waals surface area contributed by atoms with Crippen molar-refractivity contribution in [2.24, 2.45) is 0 Å². The van der Waals surface area contributed by atoms with Crippen LogP contribution in [0.25, 0.3) is 0 Å². The van der Waals surface area contributed by atoms with Crippen molar-refractivity contribution >= 4 is 17.4 Å². The lowest BCUT2D eigenvalue weighted by molar-refractivity contribution is -0.384. The highest BCUT2D eigenvalue weighted by atomic mass is 16.6. The third-order valence-corrected chi connectivity index (χ3v) is 2.72. The lowest BCUT2D eigenvalue weighted by Crippen LogP contribution is -2.36. The van der Waals surface area contributed by atoms with E-state index in [1.807, 2.05) is 13.8 Å². The highest BCUT2D eigenvalue weighted by molar-refractivity contribution is 5.84. The summed E-state index contributed by atoms with van der Waals surface area (Å²) in [6, 6.07) is -0.635. The van der Waals surface area contributed by atoms with E-state index in [4.69, 9.17) is 0 Å². The molecule has 1 amide bonds. The minimum absolute atomic E-state index is 0.0493. The van der Waals surface area contributed by atoms with Crippen molar-refractivity contribution in [3.8, 4) is 0 Å². The molecule has 1 unspecified atom stereocenters. The van der Waals surface area contributed by atoms with Gasteiger partial charge in [-0.05, 0) is 27.7 Å². The van der Waals surface area contributed by atoms with Crippen molar-refractivity contribution in [2.45, 2.75) is 39.8 Å². The summed E-state index contributed by atoms with van der Waals surface area (Å²) < 4.78 is 1.52. The van der Waals surface area contributed by atoms with E-state index < -0.39 is 11.0 Å². The van der Waals surface area contributed by atoms with Crippen LogP contribution in [0.3, 0.4) is 0 Å². The van der Waals surface area contributed by atoms with E-state index in [0.29, 0.717) is 5.69 Å². The van der Waals surface area contributed by atoms with Gasteiger partial charge in [-0.2, -0.15) is 5.10 Å². The van der Waals surface area contributed by atoms with Crippen LogP contribution >= 0.6 is 0 Å². The Balaban J connectivity index is 3.22. The monoisotopic (exact) mass is 269 g/mol. The van der Waals surface area contributed by atoms with E-state index in [9.17, 15) is 14.9 Å². The van der Waals surface area contributed by atoms with Crippen LogP contribution in [-0.2, 0) is 4.79 Å². The number of carbonyl (C=O) groups is 1. The van der Waals surface area contributed by atoms with Crippen LogP contribution in [0.5, 0.6) is 0 Å².